The predicted molar refractivity (Wildman–Crippen MR) is 363 cm³/mol. The number of ether oxygens (including phenoxy) is 3. The van der Waals surface area contributed by atoms with Crippen molar-refractivity contribution in [3.05, 3.63) is 235 Å². The van der Waals surface area contributed by atoms with Crippen molar-refractivity contribution in [1.29, 1.82) is 0 Å². The summed E-state index contributed by atoms with van der Waals surface area (Å²) in [5.41, 5.74) is 9.65. The first-order chi connectivity index (χ1) is 43.3. The Morgan fingerprint density at radius 3 is 1.47 bits per heavy atom. The van der Waals surface area contributed by atoms with E-state index in [-0.39, 0.29) is 60.5 Å². The Balaban J connectivity index is 0.000000160. The summed E-state index contributed by atoms with van der Waals surface area (Å²) in [6.07, 6.45) is 1.40. The number of aromatic nitrogens is 8. The van der Waals surface area contributed by atoms with Crippen LogP contribution in [0.1, 0.15) is 44.2 Å². The van der Waals surface area contributed by atoms with E-state index in [1.165, 1.54) is 51.6 Å². The molecule has 0 fully saturated rings. The number of carbonyl (C=O) groups excluding carboxylic acids is 3. The van der Waals surface area contributed by atoms with Crippen LogP contribution in [0, 0.1) is 0 Å². The summed E-state index contributed by atoms with van der Waals surface area (Å²) in [5.74, 6) is -1.96. The Morgan fingerprint density at radius 1 is 0.511 bits per heavy atom. The molecular formula is C67H67BrN8O12S2. The molecule has 90 heavy (non-hydrogen) atoms. The van der Waals surface area contributed by atoms with E-state index in [1.807, 2.05) is 133 Å². The third-order valence-electron chi connectivity index (χ3n) is 13.8. The van der Waals surface area contributed by atoms with Gasteiger partial charge in [-0.2, -0.15) is 0 Å². The molecule has 0 radical (unpaired) electrons. The monoisotopic (exact) mass is 1320 g/mol. The molecule has 0 amide bonds. The first-order valence-electron chi connectivity index (χ1n) is 27.9. The number of nitrogens with one attached hydrogen (secondary N) is 2. The summed E-state index contributed by atoms with van der Waals surface area (Å²) in [6, 6.07) is 46.6. The first-order valence-corrected chi connectivity index (χ1v) is 30.8. The van der Waals surface area contributed by atoms with Gasteiger partial charge in [0.2, 0.25) is 0 Å². The van der Waals surface area contributed by atoms with Gasteiger partial charge in [0.25, 0.3) is 0 Å². The fourth-order valence-corrected chi connectivity index (χ4v) is 12.1. The van der Waals surface area contributed by atoms with Crippen molar-refractivity contribution >= 4 is 138 Å². The van der Waals surface area contributed by atoms with Crippen LogP contribution in [0.3, 0.4) is 0 Å². The molecule has 20 nitrogen and oxygen atoms in total. The number of esters is 3. The number of benzene rings is 6. The largest absolute Gasteiger partial charge is 0.481 e. The number of hydrogen-bond acceptors (Lipinski definition) is 13. The van der Waals surface area contributed by atoms with Gasteiger partial charge in [-0.15, -0.1) is 22.7 Å². The molecule has 0 aliphatic heterocycles. The van der Waals surface area contributed by atoms with Crippen molar-refractivity contribution in [1.82, 2.24) is 37.4 Å². The molecule has 0 aliphatic carbocycles. The van der Waals surface area contributed by atoms with E-state index in [0.717, 1.165) is 66.8 Å². The molecule has 6 aromatic heterocycles. The summed E-state index contributed by atoms with van der Waals surface area (Å²) >= 11 is 6.94. The summed E-state index contributed by atoms with van der Waals surface area (Å²) in [7, 11) is 3.98. The number of H-pyrrole nitrogens is 2. The maximum Gasteiger partial charge on any atom is 0.333 e. The van der Waals surface area contributed by atoms with Crippen molar-refractivity contribution in [3.63, 3.8) is 0 Å². The van der Waals surface area contributed by atoms with Crippen LogP contribution in [0.5, 0.6) is 0 Å². The van der Waals surface area contributed by atoms with Crippen LogP contribution in [0.15, 0.2) is 201 Å². The molecule has 6 aromatic carbocycles. The highest BCUT2D eigenvalue weighted by Crippen LogP contribution is 2.28. The standard InChI is InChI=1S/C19H16N2O3S.C14H16N2O3.C11H12N2O3.C10H10N2O.C9H7BrS.C4H6O2/c22-17(23)8-10-20-15-6-1-2-7-16(15)21(19(20)24)12-14-5-3-4-13-9-11-25-18(13)14;1-10(2)16-12-7-5-4-6-11(12)15(14(16)18)9-8-13(17)19-3;1-16-10(14)6-7-13-9-5-3-2-4-8(9)12-11(13)15;1-7(2)12-9-6-4-3-5-8(9)11-10(12)13;10-6-8-3-1-2-7-4-5-11-9(7)8;1-3-4(5)6-2/h1-7,9,11H,8,10,12H2,(H,22,23);4-7H,1,8-9H2,2-3H3;2-5H,6-7H2,1H3,(H,12,15);3-6H,1H2,2H3,(H,11,13);1-5H,6H2;3H,1H2,2H3. The lowest BCUT2D eigenvalue weighted by Crippen LogP contribution is -2.25. The van der Waals surface area contributed by atoms with Gasteiger partial charge in [0.05, 0.1) is 91.3 Å². The van der Waals surface area contributed by atoms with Crippen LogP contribution in [0.4, 0.5) is 0 Å². The van der Waals surface area contributed by atoms with Crippen LogP contribution in [-0.4, -0.2) is 87.7 Å². The Hall–Kier alpha value is -10.1. The number of hydrogen-bond donors (Lipinski definition) is 3. The number of halogens is 1. The number of aliphatic carboxylic acids is 1. The molecule has 0 unspecified atom stereocenters. The highest BCUT2D eigenvalue weighted by atomic mass is 79.9. The average Bonchev–Trinajstić information content (AvgIpc) is 2.01. The van der Waals surface area contributed by atoms with E-state index < -0.39 is 11.9 Å². The van der Waals surface area contributed by atoms with E-state index in [0.29, 0.717) is 25.3 Å². The lowest BCUT2D eigenvalue weighted by atomic mass is 10.1. The van der Waals surface area contributed by atoms with Gasteiger partial charge < -0.3 is 29.3 Å². The molecule has 12 aromatic rings. The normalized spacial score (nSPS) is 10.6. The number of rotatable bonds is 15. The molecule has 0 aliphatic rings. The number of nitrogens with zero attached hydrogens (tertiary/aromatic N) is 6. The van der Waals surface area contributed by atoms with Gasteiger partial charge >= 0.3 is 46.6 Å². The summed E-state index contributed by atoms with van der Waals surface area (Å²) < 4.78 is 25.4. The lowest BCUT2D eigenvalue weighted by molar-refractivity contribution is -0.141. The molecular weight excluding hydrogens is 1250 g/mol. The minimum absolute atomic E-state index is 0.0750. The number of alkyl halides is 1. The van der Waals surface area contributed by atoms with E-state index in [2.05, 4.69) is 102 Å². The van der Waals surface area contributed by atoms with Gasteiger partial charge in [0, 0.05) is 51.8 Å². The Bertz CT molecular complexity index is 4790. The second-order valence-electron chi connectivity index (χ2n) is 19.8. The number of aromatic amines is 2. The minimum atomic E-state index is -0.910. The summed E-state index contributed by atoms with van der Waals surface area (Å²) in [4.78, 5) is 96.7. The first kappa shape index (κ1) is 67.4. The molecule has 12 rings (SSSR count). The molecule has 0 bridgehead atoms. The third-order valence-corrected chi connectivity index (χ3v) is 16.5. The lowest BCUT2D eigenvalue weighted by Gasteiger charge is -2.05. The smallest absolute Gasteiger partial charge is 0.333 e. The summed E-state index contributed by atoms with van der Waals surface area (Å²) in [6.45, 7) is 15.6. The number of carboxylic acids is 1. The number of thiophene rings is 2. The quantitative estimate of drug-likeness (QED) is 0.0375. The van der Waals surface area contributed by atoms with Gasteiger partial charge in [-0.1, -0.05) is 121 Å². The number of imidazole rings is 4. The number of aryl methyl sites for hydroxylation is 3. The SMILES string of the molecule is BrCc1cccc2ccsc12.C=C(C)n1c(=O)[nH]c2ccccc21.C=C(C)n1c(=O)n(CCC(=O)OC)c2ccccc21.C=CC(=O)OC.COC(=O)CCn1c(=O)[nH]c2ccccc21.O=C(O)CCn1c(=O)n(Cc2cccc3ccsc23)c2ccccc21. The van der Waals surface area contributed by atoms with Gasteiger partial charge in [-0.05, 0) is 107 Å². The van der Waals surface area contributed by atoms with Crippen LogP contribution in [0.25, 0.3) is 75.7 Å². The second-order valence-corrected chi connectivity index (χ2v) is 22.2. The zero-order chi connectivity index (χ0) is 65.0. The predicted octanol–water partition coefficient (Wildman–Crippen LogP) is 12.3. The van der Waals surface area contributed by atoms with Gasteiger partial charge in [0.15, 0.2) is 0 Å². The second kappa shape index (κ2) is 32.2. The average molecular weight is 1320 g/mol. The third kappa shape index (κ3) is 16.5. The summed E-state index contributed by atoms with van der Waals surface area (Å²) in [5, 5.41) is 16.6. The molecule has 3 N–H and O–H groups in total. The fraction of sp³-hybridized carbons (Fsp3) is 0.194. The maximum atomic E-state index is 12.9. The zero-order valence-corrected chi connectivity index (χ0v) is 53.4. The van der Waals surface area contributed by atoms with E-state index in [4.69, 9.17) is 5.11 Å². The molecule has 0 saturated carbocycles. The molecule has 0 spiro atoms. The van der Waals surface area contributed by atoms with E-state index in [9.17, 15) is 38.4 Å². The molecule has 6 heterocycles. The van der Waals surface area contributed by atoms with Crippen molar-refractivity contribution in [2.24, 2.45) is 0 Å². The number of allylic oxidation sites excluding steroid dienone is 2. The van der Waals surface area contributed by atoms with Crippen molar-refractivity contribution in [2.45, 2.75) is 64.6 Å². The topological polar surface area (TPSA) is 246 Å². The van der Waals surface area contributed by atoms with E-state index in [1.54, 1.807) is 41.1 Å². The van der Waals surface area contributed by atoms with Gasteiger partial charge in [0.1, 0.15) is 0 Å². The van der Waals surface area contributed by atoms with Crippen LogP contribution < -0.4 is 22.8 Å². The number of para-hydroxylation sites is 8. The number of fused-ring (bicyclic) bond motifs is 6. The minimum Gasteiger partial charge on any atom is -0.481 e. The highest BCUT2D eigenvalue weighted by Gasteiger charge is 2.17. The van der Waals surface area contributed by atoms with Crippen LogP contribution >= 0.6 is 38.6 Å². The van der Waals surface area contributed by atoms with Gasteiger partial charge in [-0.3, -0.25) is 41.8 Å². The molecule has 0 atom stereocenters. The number of carbonyl (C=O) groups is 4. The maximum absolute atomic E-state index is 12.9. The van der Waals surface area contributed by atoms with Crippen LogP contribution in [0.2, 0.25) is 0 Å². The fourth-order valence-electron chi connectivity index (χ4n) is 9.61. The molecule has 0 saturated heterocycles. The van der Waals surface area contributed by atoms with Crippen molar-refractivity contribution in [2.75, 3.05) is 21.3 Å². The van der Waals surface area contributed by atoms with Crippen molar-refractivity contribution < 1.29 is 38.5 Å². The number of carboxylic acid groups (broad SMARTS) is 1. The zero-order valence-electron chi connectivity index (χ0n) is 50.2. The Kier molecular flexibility index (Phi) is 24.1. The molecule has 466 valence electrons. The molecule has 23 heteroatoms. The van der Waals surface area contributed by atoms with Gasteiger partial charge in [-0.25, -0.2) is 24.0 Å². The van der Waals surface area contributed by atoms with Crippen molar-refractivity contribution in [3.8, 4) is 0 Å². The highest BCUT2D eigenvalue weighted by molar-refractivity contribution is 9.08. The Labute approximate surface area is 532 Å². The van der Waals surface area contributed by atoms with Crippen LogP contribution in [-0.2, 0) is 64.9 Å². The van der Waals surface area contributed by atoms with E-state index >= 15 is 0 Å². The Morgan fingerprint density at radius 2 is 0.956 bits per heavy atom. The number of methoxy groups -OCH3 is 3.